The molecule has 0 aliphatic heterocycles. The predicted molar refractivity (Wildman–Crippen MR) is 112 cm³/mol. The summed E-state index contributed by atoms with van der Waals surface area (Å²) in [5.74, 6) is -0.628. The molecule has 8 atom stereocenters. The number of alkyl halides is 3. The summed E-state index contributed by atoms with van der Waals surface area (Å²) >= 11 is 20.4. The van der Waals surface area contributed by atoms with E-state index in [1.165, 1.54) is 0 Å². The summed E-state index contributed by atoms with van der Waals surface area (Å²) in [4.78, 5) is 23.9. The molecule has 3 nitrogen and oxygen atoms in total. The number of aliphatic hydroxyl groups is 1. The summed E-state index contributed by atoms with van der Waals surface area (Å²) < 4.78 is 0. The lowest BCUT2D eigenvalue weighted by molar-refractivity contribution is -0.162. The monoisotopic (exact) mass is 444 g/mol. The highest BCUT2D eigenvalue weighted by Gasteiger charge is 2.74. The van der Waals surface area contributed by atoms with Gasteiger partial charge in [0.1, 0.15) is 5.60 Å². The number of Topliss-reactive ketones (excluding diaryl/α,β-unsaturated/α-hetero) is 1. The Kier molecular flexibility index (Phi) is 4.72. The molecular formula is C22H27Cl3O3. The lowest BCUT2D eigenvalue weighted by Crippen LogP contribution is -2.67. The topological polar surface area (TPSA) is 54.4 Å². The number of carbonyl (C=O) groups is 2. The predicted octanol–water partition coefficient (Wildman–Crippen LogP) is 4.66. The van der Waals surface area contributed by atoms with Crippen molar-refractivity contribution < 1.29 is 14.7 Å². The van der Waals surface area contributed by atoms with Gasteiger partial charge in [0.2, 0.25) is 0 Å². The minimum atomic E-state index is -1.49. The zero-order valence-electron chi connectivity index (χ0n) is 16.5. The molecule has 4 aliphatic carbocycles. The first kappa shape index (κ1) is 20.9. The number of rotatable bonds is 2. The molecule has 0 spiro atoms. The first-order valence-electron chi connectivity index (χ1n) is 10.1. The minimum Gasteiger partial charge on any atom is -0.381 e. The van der Waals surface area contributed by atoms with Crippen molar-refractivity contribution in [3.8, 4) is 0 Å². The van der Waals surface area contributed by atoms with Crippen LogP contribution >= 0.6 is 34.8 Å². The highest BCUT2D eigenvalue weighted by Crippen LogP contribution is 2.72. The van der Waals surface area contributed by atoms with Gasteiger partial charge in [-0.3, -0.25) is 9.59 Å². The number of halogens is 3. The third-order valence-corrected chi connectivity index (χ3v) is 10.5. The van der Waals surface area contributed by atoms with E-state index in [0.29, 0.717) is 6.42 Å². The average Bonchev–Trinajstić information content (AvgIpc) is 2.84. The van der Waals surface area contributed by atoms with Gasteiger partial charge < -0.3 is 5.11 Å². The molecule has 6 heteroatoms. The molecule has 28 heavy (non-hydrogen) atoms. The molecule has 0 heterocycles. The summed E-state index contributed by atoms with van der Waals surface area (Å²) in [5.41, 5.74) is -1.63. The molecule has 4 aliphatic rings. The van der Waals surface area contributed by atoms with Crippen molar-refractivity contribution in [1.82, 2.24) is 0 Å². The molecule has 3 fully saturated rings. The summed E-state index contributed by atoms with van der Waals surface area (Å²) in [6, 6.07) is 0. The zero-order valence-corrected chi connectivity index (χ0v) is 18.7. The van der Waals surface area contributed by atoms with Crippen LogP contribution in [0.2, 0.25) is 0 Å². The summed E-state index contributed by atoms with van der Waals surface area (Å²) in [7, 11) is 0. The van der Waals surface area contributed by atoms with Crippen LogP contribution in [0.5, 0.6) is 0 Å². The number of allylic oxidation sites excluding steroid dienone is 4. The molecule has 0 radical (unpaired) electrons. The fraction of sp³-hybridized carbons (Fsp3) is 0.727. The van der Waals surface area contributed by atoms with Crippen LogP contribution in [0.25, 0.3) is 0 Å². The van der Waals surface area contributed by atoms with Gasteiger partial charge in [-0.1, -0.05) is 32.4 Å². The maximum absolute atomic E-state index is 12.8. The van der Waals surface area contributed by atoms with Gasteiger partial charge in [-0.2, -0.15) is 0 Å². The number of hydrogen-bond acceptors (Lipinski definition) is 3. The van der Waals surface area contributed by atoms with Crippen molar-refractivity contribution in [3.63, 3.8) is 0 Å². The van der Waals surface area contributed by atoms with E-state index in [1.807, 2.05) is 19.9 Å². The normalized spacial score (nSPS) is 52.5. The van der Waals surface area contributed by atoms with E-state index in [1.54, 1.807) is 12.2 Å². The molecule has 0 amide bonds. The first-order chi connectivity index (χ1) is 13.0. The Balaban J connectivity index is 1.84. The Morgan fingerprint density at radius 3 is 2.64 bits per heavy atom. The van der Waals surface area contributed by atoms with Crippen molar-refractivity contribution >= 4 is 46.4 Å². The van der Waals surface area contributed by atoms with Crippen LogP contribution in [0.3, 0.4) is 0 Å². The van der Waals surface area contributed by atoms with Crippen LogP contribution in [0.4, 0.5) is 0 Å². The molecule has 0 aromatic heterocycles. The van der Waals surface area contributed by atoms with E-state index in [9.17, 15) is 14.7 Å². The molecule has 0 aromatic rings. The maximum Gasteiger partial charge on any atom is 0.179 e. The van der Waals surface area contributed by atoms with Crippen molar-refractivity contribution in [3.05, 3.63) is 23.8 Å². The molecule has 1 N–H and O–H groups in total. The smallest absolute Gasteiger partial charge is 0.179 e. The maximum atomic E-state index is 12.8. The van der Waals surface area contributed by atoms with Crippen molar-refractivity contribution in [2.45, 2.75) is 62.3 Å². The number of carbonyl (C=O) groups excluding carboxylic acids is 2. The van der Waals surface area contributed by atoms with Crippen LogP contribution in [-0.2, 0) is 9.59 Å². The second-order valence-corrected chi connectivity index (χ2v) is 11.1. The fourth-order valence-corrected chi connectivity index (χ4v) is 8.61. The van der Waals surface area contributed by atoms with Gasteiger partial charge >= 0.3 is 0 Å². The van der Waals surface area contributed by atoms with Crippen molar-refractivity contribution in [2.24, 2.45) is 28.6 Å². The third kappa shape index (κ3) is 2.23. The van der Waals surface area contributed by atoms with E-state index >= 15 is 0 Å². The second kappa shape index (κ2) is 6.33. The standard InChI is InChI=1S/C22H27Cl3O3/c1-12-8-16-15-5-4-13-9-14(26)6-7-19(13,2)21(15,25)17(24)10-20(16,3)22(12,28)18(27)11-23/h6-7,9,12,15-17,28H,4-5,8,10-11H2,1-3H3/t12-,15+,16+,17+,19+,20+,21+,22+/m1/s1. The summed E-state index contributed by atoms with van der Waals surface area (Å²) in [6.45, 7) is 6.00. The number of ketones is 2. The van der Waals surface area contributed by atoms with Crippen LogP contribution in [-0.4, -0.2) is 38.4 Å². The minimum absolute atomic E-state index is 0.00506. The van der Waals surface area contributed by atoms with E-state index in [-0.39, 0.29) is 35.2 Å². The molecule has 0 saturated heterocycles. The molecule has 0 aromatic carbocycles. The largest absolute Gasteiger partial charge is 0.381 e. The second-order valence-electron chi connectivity index (χ2n) is 9.68. The molecule has 3 saturated carbocycles. The van der Waals surface area contributed by atoms with Crippen LogP contribution < -0.4 is 0 Å². The zero-order chi connectivity index (χ0) is 20.7. The highest BCUT2D eigenvalue weighted by atomic mass is 35.5. The van der Waals surface area contributed by atoms with E-state index < -0.39 is 26.7 Å². The van der Waals surface area contributed by atoms with Gasteiger partial charge in [0, 0.05) is 10.8 Å². The van der Waals surface area contributed by atoms with Gasteiger partial charge in [0.05, 0.1) is 16.1 Å². The van der Waals surface area contributed by atoms with Gasteiger partial charge in [0.25, 0.3) is 0 Å². The van der Waals surface area contributed by atoms with Crippen molar-refractivity contribution in [2.75, 3.05) is 5.88 Å². The summed E-state index contributed by atoms with van der Waals surface area (Å²) in [5, 5.41) is 11.1. The Labute approximate surface area is 181 Å². The van der Waals surface area contributed by atoms with Crippen LogP contribution in [0.15, 0.2) is 23.8 Å². The Morgan fingerprint density at radius 2 is 2.00 bits per heavy atom. The molecule has 0 bridgehead atoms. The Bertz CT molecular complexity index is 807. The first-order valence-corrected chi connectivity index (χ1v) is 11.4. The molecule has 4 rings (SSSR count). The van der Waals surface area contributed by atoms with Gasteiger partial charge in [0.15, 0.2) is 11.6 Å². The fourth-order valence-electron chi connectivity index (χ4n) is 7.18. The van der Waals surface area contributed by atoms with Gasteiger partial charge in [-0.15, -0.1) is 34.8 Å². The molecule has 154 valence electrons. The number of hydrogen-bond donors (Lipinski definition) is 1. The average molecular weight is 446 g/mol. The summed E-state index contributed by atoms with van der Waals surface area (Å²) in [6.07, 6.45) is 7.96. The van der Waals surface area contributed by atoms with Crippen molar-refractivity contribution in [1.29, 1.82) is 0 Å². The van der Waals surface area contributed by atoms with E-state index in [2.05, 4.69) is 6.92 Å². The highest BCUT2D eigenvalue weighted by molar-refractivity contribution is 6.34. The lowest BCUT2D eigenvalue weighted by Gasteiger charge is -2.63. The molecular weight excluding hydrogens is 419 g/mol. The Morgan fingerprint density at radius 1 is 1.32 bits per heavy atom. The van der Waals surface area contributed by atoms with E-state index in [4.69, 9.17) is 34.8 Å². The quantitative estimate of drug-likeness (QED) is 0.629. The Hall–Kier alpha value is -0.350. The third-order valence-electron chi connectivity index (χ3n) is 8.73. The lowest BCUT2D eigenvalue weighted by atomic mass is 9.46. The number of fused-ring (bicyclic) bond motifs is 5. The van der Waals surface area contributed by atoms with Crippen LogP contribution in [0, 0.1) is 28.6 Å². The van der Waals surface area contributed by atoms with Gasteiger partial charge in [-0.25, -0.2) is 0 Å². The van der Waals surface area contributed by atoms with Gasteiger partial charge in [-0.05, 0) is 55.6 Å². The van der Waals surface area contributed by atoms with Crippen LogP contribution in [0.1, 0.15) is 46.5 Å². The van der Waals surface area contributed by atoms with E-state index in [0.717, 1.165) is 24.8 Å². The SMILES string of the molecule is C[C@@H]1C[C@H]2[C@@H]3CCC4=CC(=O)C=C[C@]4(C)[C@@]3(Cl)[C@@H](Cl)C[C@]2(C)[C@@]1(O)C(=O)CCl. The molecule has 0 unspecified atom stereocenters.